The molecular formula is C17H23F3N4O4. The smallest absolute Gasteiger partial charge is 0.475 e. The maximum Gasteiger partial charge on any atom is 0.490 e. The van der Waals surface area contributed by atoms with E-state index in [-0.39, 0.29) is 12.6 Å². The second-order valence-electron chi connectivity index (χ2n) is 5.98. The molecule has 1 heterocycles. The van der Waals surface area contributed by atoms with Crippen molar-refractivity contribution in [3.63, 3.8) is 0 Å². The number of likely N-dealkylation sites (tertiary alicyclic amines) is 1. The van der Waals surface area contributed by atoms with Crippen molar-refractivity contribution in [3.8, 4) is 0 Å². The van der Waals surface area contributed by atoms with E-state index in [0.717, 1.165) is 31.5 Å². The fraction of sp³-hybridized carbons (Fsp3) is 0.471. The van der Waals surface area contributed by atoms with Crippen LogP contribution in [0.5, 0.6) is 0 Å². The number of hydrogen-bond donors (Lipinski definition) is 3. The van der Waals surface area contributed by atoms with Crippen LogP contribution in [0.1, 0.15) is 18.4 Å². The van der Waals surface area contributed by atoms with Gasteiger partial charge in [-0.1, -0.05) is 30.3 Å². The second kappa shape index (κ2) is 11.1. The molecule has 1 aliphatic heterocycles. The van der Waals surface area contributed by atoms with Crippen molar-refractivity contribution in [2.75, 3.05) is 19.6 Å². The molecule has 0 radical (unpaired) electrons. The topological polar surface area (TPSA) is 131 Å². The van der Waals surface area contributed by atoms with E-state index < -0.39 is 18.2 Å². The van der Waals surface area contributed by atoms with E-state index in [2.05, 4.69) is 4.99 Å². The quantitative estimate of drug-likeness (QED) is 0.518. The number of carboxylic acid groups (broad SMARTS) is 1. The molecule has 156 valence electrons. The van der Waals surface area contributed by atoms with E-state index in [9.17, 15) is 18.0 Å². The molecule has 0 unspecified atom stereocenters. The van der Waals surface area contributed by atoms with Gasteiger partial charge >= 0.3 is 18.2 Å². The molecule has 0 saturated carbocycles. The van der Waals surface area contributed by atoms with Gasteiger partial charge in [-0.05, 0) is 30.9 Å². The summed E-state index contributed by atoms with van der Waals surface area (Å²) in [6, 6.07) is 9.47. The van der Waals surface area contributed by atoms with Crippen LogP contribution in [0.3, 0.4) is 0 Å². The van der Waals surface area contributed by atoms with Crippen molar-refractivity contribution >= 4 is 18.0 Å². The Balaban J connectivity index is 0.000000480. The number of ether oxygens (including phenoxy) is 1. The van der Waals surface area contributed by atoms with Gasteiger partial charge in [0, 0.05) is 13.1 Å². The third kappa shape index (κ3) is 8.71. The average Bonchev–Trinajstić information content (AvgIpc) is 2.67. The Labute approximate surface area is 160 Å². The minimum absolute atomic E-state index is 0.200. The fourth-order valence-electron chi connectivity index (χ4n) is 2.31. The van der Waals surface area contributed by atoms with Crippen molar-refractivity contribution in [2.24, 2.45) is 22.4 Å². The first-order valence-electron chi connectivity index (χ1n) is 8.43. The summed E-state index contributed by atoms with van der Waals surface area (Å²) in [4.78, 5) is 26.2. The van der Waals surface area contributed by atoms with E-state index in [1.807, 2.05) is 35.2 Å². The molecule has 5 N–H and O–H groups in total. The second-order valence-corrected chi connectivity index (χ2v) is 5.98. The first-order valence-corrected chi connectivity index (χ1v) is 8.43. The number of amides is 1. The molecule has 1 aromatic carbocycles. The summed E-state index contributed by atoms with van der Waals surface area (Å²) >= 11 is 0. The third-order valence-corrected chi connectivity index (χ3v) is 3.93. The van der Waals surface area contributed by atoms with Crippen molar-refractivity contribution in [3.05, 3.63) is 35.9 Å². The molecule has 0 bridgehead atoms. The minimum Gasteiger partial charge on any atom is -0.475 e. The summed E-state index contributed by atoms with van der Waals surface area (Å²) in [6.45, 7) is 2.46. The van der Waals surface area contributed by atoms with Crippen LogP contribution < -0.4 is 11.5 Å². The van der Waals surface area contributed by atoms with Gasteiger partial charge in [0.05, 0.1) is 0 Å². The van der Waals surface area contributed by atoms with Crippen LogP contribution in [0.15, 0.2) is 35.3 Å². The predicted molar refractivity (Wildman–Crippen MR) is 95.3 cm³/mol. The number of nitrogens with zero attached hydrogens (tertiary/aromatic N) is 2. The van der Waals surface area contributed by atoms with Gasteiger partial charge in [0.15, 0.2) is 0 Å². The molecule has 0 atom stereocenters. The Kier molecular flexibility index (Phi) is 9.22. The number of carboxylic acids is 1. The van der Waals surface area contributed by atoms with Gasteiger partial charge in [-0.3, -0.25) is 0 Å². The molecular weight excluding hydrogens is 381 g/mol. The molecule has 1 amide bonds. The van der Waals surface area contributed by atoms with E-state index in [1.165, 1.54) is 0 Å². The Morgan fingerprint density at radius 2 is 1.75 bits per heavy atom. The number of aliphatic imine (C=N–C) groups is 1. The monoisotopic (exact) mass is 404 g/mol. The first-order chi connectivity index (χ1) is 13.1. The number of aliphatic carboxylic acids is 1. The molecule has 1 fully saturated rings. The predicted octanol–water partition coefficient (Wildman–Crippen LogP) is 1.94. The molecule has 0 aromatic heterocycles. The van der Waals surface area contributed by atoms with Gasteiger partial charge in [0.2, 0.25) is 5.96 Å². The van der Waals surface area contributed by atoms with Crippen LogP contribution in [0.2, 0.25) is 0 Å². The van der Waals surface area contributed by atoms with E-state index >= 15 is 0 Å². The normalized spacial score (nSPS) is 15.4. The summed E-state index contributed by atoms with van der Waals surface area (Å²) < 4.78 is 36.8. The molecule has 1 aliphatic rings. The van der Waals surface area contributed by atoms with Gasteiger partial charge in [-0.2, -0.15) is 13.2 Å². The van der Waals surface area contributed by atoms with E-state index in [1.54, 1.807) is 0 Å². The lowest BCUT2D eigenvalue weighted by molar-refractivity contribution is -0.192. The number of alkyl halides is 3. The number of halogens is 3. The zero-order valence-corrected chi connectivity index (χ0v) is 15.1. The molecule has 8 nitrogen and oxygen atoms in total. The molecule has 0 aliphatic carbocycles. The van der Waals surface area contributed by atoms with Gasteiger partial charge in [0.25, 0.3) is 0 Å². The molecule has 28 heavy (non-hydrogen) atoms. The van der Waals surface area contributed by atoms with Crippen molar-refractivity contribution in [2.45, 2.75) is 25.6 Å². The number of benzene rings is 1. The summed E-state index contributed by atoms with van der Waals surface area (Å²) in [5, 5.41) is 7.12. The van der Waals surface area contributed by atoms with Gasteiger partial charge < -0.3 is 26.2 Å². The number of hydrogen-bond acceptors (Lipinski definition) is 4. The Bertz CT molecular complexity index is 660. The number of piperidine rings is 1. The van der Waals surface area contributed by atoms with Crippen LogP contribution in [-0.4, -0.2) is 53.8 Å². The average molecular weight is 404 g/mol. The molecule has 1 aromatic rings. The number of carbonyl (C=O) groups is 2. The SMILES string of the molecule is NCC1CCN(C(N)=NC(=O)OCc2ccccc2)CC1.O=C(O)C(F)(F)F. The zero-order valence-electron chi connectivity index (χ0n) is 15.1. The Morgan fingerprint density at radius 3 is 2.21 bits per heavy atom. The fourth-order valence-corrected chi connectivity index (χ4v) is 2.31. The van der Waals surface area contributed by atoms with Crippen molar-refractivity contribution in [1.82, 2.24) is 4.90 Å². The van der Waals surface area contributed by atoms with Crippen molar-refractivity contribution in [1.29, 1.82) is 0 Å². The Morgan fingerprint density at radius 1 is 1.21 bits per heavy atom. The Hall–Kier alpha value is -2.82. The number of rotatable bonds is 3. The number of nitrogens with two attached hydrogens (primary N) is 2. The third-order valence-electron chi connectivity index (χ3n) is 3.93. The number of carbonyl (C=O) groups excluding carboxylic acids is 1. The maximum atomic E-state index is 11.7. The summed E-state index contributed by atoms with van der Waals surface area (Å²) in [5.74, 6) is -1.99. The summed E-state index contributed by atoms with van der Waals surface area (Å²) in [5.41, 5.74) is 12.4. The highest BCUT2D eigenvalue weighted by atomic mass is 19.4. The highest BCUT2D eigenvalue weighted by molar-refractivity contribution is 5.89. The van der Waals surface area contributed by atoms with E-state index in [0.29, 0.717) is 12.5 Å². The van der Waals surface area contributed by atoms with Crippen LogP contribution in [0.25, 0.3) is 0 Å². The lowest BCUT2D eigenvalue weighted by atomic mass is 9.97. The largest absolute Gasteiger partial charge is 0.490 e. The minimum atomic E-state index is -5.08. The van der Waals surface area contributed by atoms with Crippen LogP contribution in [0.4, 0.5) is 18.0 Å². The standard InChI is InChI=1S/C15H22N4O2.C2HF3O2/c16-10-12-6-8-19(9-7-12)14(17)18-15(20)21-11-13-4-2-1-3-5-13;3-2(4,5)1(6)7/h1-5,12H,6-11,16H2,(H2,17,18,20);(H,6,7). The molecule has 0 spiro atoms. The van der Waals surface area contributed by atoms with Gasteiger partial charge in [-0.15, -0.1) is 4.99 Å². The van der Waals surface area contributed by atoms with Crippen LogP contribution in [0, 0.1) is 5.92 Å². The van der Waals surface area contributed by atoms with Crippen molar-refractivity contribution < 1.29 is 32.6 Å². The first kappa shape index (κ1) is 23.2. The highest BCUT2D eigenvalue weighted by Crippen LogP contribution is 2.15. The van der Waals surface area contributed by atoms with Crippen LogP contribution in [-0.2, 0) is 16.1 Å². The van der Waals surface area contributed by atoms with Gasteiger partial charge in [-0.25, -0.2) is 9.59 Å². The zero-order chi connectivity index (χ0) is 21.2. The summed E-state index contributed by atoms with van der Waals surface area (Å²) in [7, 11) is 0. The van der Waals surface area contributed by atoms with E-state index in [4.69, 9.17) is 26.1 Å². The lowest BCUT2D eigenvalue weighted by Crippen LogP contribution is -2.44. The maximum absolute atomic E-state index is 11.7. The molecule has 1 saturated heterocycles. The summed E-state index contributed by atoms with van der Waals surface area (Å²) in [6.07, 6.45) is -3.78. The lowest BCUT2D eigenvalue weighted by Gasteiger charge is -2.31. The van der Waals surface area contributed by atoms with Gasteiger partial charge in [0.1, 0.15) is 6.61 Å². The number of guanidine groups is 1. The highest BCUT2D eigenvalue weighted by Gasteiger charge is 2.38. The molecule has 2 rings (SSSR count). The molecule has 11 heteroatoms. The van der Waals surface area contributed by atoms with Crippen LogP contribution >= 0.6 is 0 Å².